The smallest absolute Gasteiger partial charge is 0.327 e. The Bertz CT molecular complexity index is 543. The van der Waals surface area contributed by atoms with Crippen LogP contribution in [0.2, 0.25) is 0 Å². The Kier molecular flexibility index (Phi) is 3.56. The monoisotopic (exact) mass is 292 g/mol. The van der Waals surface area contributed by atoms with Gasteiger partial charge in [0, 0.05) is 36.7 Å². The molecule has 0 spiro atoms. The van der Waals surface area contributed by atoms with Gasteiger partial charge in [-0.3, -0.25) is 4.90 Å². The predicted octanol–water partition coefficient (Wildman–Crippen LogP) is 1.67. The van der Waals surface area contributed by atoms with E-state index in [0.717, 1.165) is 22.8 Å². The lowest BCUT2D eigenvalue weighted by Gasteiger charge is -2.32. The van der Waals surface area contributed by atoms with Crippen LogP contribution in [0.15, 0.2) is 24.3 Å². The highest BCUT2D eigenvalue weighted by molar-refractivity contribution is 7.99. The standard InChI is InChI=1S/C14H16N2O3S/c17-13(18)12-9-10-3-1-2-4-11(10)16(12)14(19)15-5-7-20-8-6-15/h1-4,12H,5-9H2,(H,17,18)/t12-/m0/s1. The lowest BCUT2D eigenvalue weighted by Crippen LogP contribution is -2.51. The van der Waals surface area contributed by atoms with Gasteiger partial charge in [0.15, 0.2) is 0 Å². The van der Waals surface area contributed by atoms with Crippen molar-refractivity contribution in [3.8, 4) is 0 Å². The maximum atomic E-state index is 12.7. The Labute approximate surface area is 121 Å². The number of hydrogen-bond acceptors (Lipinski definition) is 3. The molecule has 0 bridgehead atoms. The molecule has 0 aromatic heterocycles. The third kappa shape index (κ3) is 2.24. The molecule has 1 fully saturated rings. The van der Waals surface area contributed by atoms with E-state index in [1.54, 1.807) is 4.90 Å². The summed E-state index contributed by atoms with van der Waals surface area (Å²) in [4.78, 5) is 27.3. The average Bonchev–Trinajstić information content (AvgIpc) is 2.87. The van der Waals surface area contributed by atoms with Gasteiger partial charge in [-0.05, 0) is 11.6 Å². The number of thioether (sulfide) groups is 1. The lowest BCUT2D eigenvalue weighted by molar-refractivity contribution is -0.138. The molecule has 3 rings (SSSR count). The minimum Gasteiger partial charge on any atom is -0.480 e. The summed E-state index contributed by atoms with van der Waals surface area (Å²) in [6.07, 6.45) is 0.389. The fourth-order valence-electron chi connectivity index (χ4n) is 2.73. The van der Waals surface area contributed by atoms with Crippen LogP contribution in [0.3, 0.4) is 0 Å². The van der Waals surface area contributed by atoms with Gasteiger partial charge in [0.05, 0.1) is 0 Å². The molecular formula is C14H16N2O3S. The number of rotatable bonds is 1. The average molecular weight is 292 g/mol. The molecule has 106 valence electrons. The normalized spacial score (nSPS) is 21.7. The number of para-hydroxylation sites is 1. The fourth-order valence-corrected chi connectivity index (χ4v) is 3.63. The zero-order valence-corrected chi connectivity index (χ0v) is 11.8. The molecule has 6 heteroatoms. The third-order valence-corrected chi connectivity index (χ3v) is 4.69. The van der Waals surface area contributed by atoms with Crippen LogP contribution in [0.1, 0.15) is 5.56 Å². The Hall–Kier alpha value is -1.69. The number of carbonyl (C=O) groups excluding carboxylic acids is 1. The van der Waals surface area contributed by atoms with Gasteiger partial charge >= 0.3 is 12.0 Å². The van der Waals surface area contributed by atoms with Crippen molar-refractivity contribution in [1.29, 1.82) is 0 Å². The van der Waals surface area contributed by atoms with Gasteiger partial charge in [-0.15, -0.1) is 0 Å². The highest BCUT2D eigenvalue weighted by atomic mass is 32.2. The number of benzene rings is 1. The molecule has 2 heterocycles. The molecule has 0 unspecified atom stereocenters. The molecule has 2 aliphatic rings. The van der Waals surface area contributed by atoms with E-state index in [4.69, 9.17) is 0 Å². The largest absolute Gasteiger partial charge is 0.480 e. The molecule has 1 saturated heterocycles. The third-order valence-electron chi connectivity index (χ3n) is 3.75. The van der Waals surface area contributed by atoms with Crippen molar-refractivity contribution in [2.75, 3.05) is 29.5 Å². The van der Waals surface area contributed by atoms with Gasteiger partial charge < -0.3 is 10.0 Å². The highest BCUT2D eigenvalue weighted by Gasteiger charge is 2.40. The highest BCUT2D eigenvalue weighted by Crippen LogP contribution is 2.33. The molecule has 2 aliphatic heterocycles. The van der Waals surface area contributed by atoms with Gasteiger partial charge in [0.25, 0.3) is 0 Å². The first kappa shape index (κ1) is 13.3. The van der Waals surface area contributed by atoms with Crippen LogP contribution in [0.25, 0.3) is 0 Å². The summed E-state index contributed by atoms with van der Waals surface area (Å²) in [5, 5.41) is 9.39. The van der Waals surface area contributed by atoms with E-state index in [2.05, 4.69) is 0 Å². The summed E-state index contributed by atoms with van der Waals surface area (Å²) < 4.78 is 0. The Balaban J connectivity index is 1.91. The Morgan fingerprint density at radius 1 is 1.20 bits per heavy atom. The van der Waals surface area contributed by atoms with E-state index in [1.807, 2.05) is 36.0 Å². The summed E-state index contributed by atoms with van der Waals surface area (Å²) in [7, 11) is 0. The number of carboxylic acid groups (broad SMARTS) is 1. The maximum absolute atomic E-state index is 12.7. The first-order valence-electron chi connectivity index (χ1n) is 6.65. The molecule has 1 atom stereocenters. The van der Waals surface area contributed by atoms with Gasteiger partial charge in [0.2, 0.25) is 0 Å². The zero-order valence-electron chi connectivity index (χ0n) is 11.0. The van der Waals surface area contributed by atoms with Crippen LogP contribution in [0.4, 0.5) is 10.5 Å². The second-order valence-corrected chi connectivity index (χ2v) is 6.16. The van der Waals surface area contributed by atoms with Crippen molar-refractivity contribution in [2.45, 2.75) is 12.5 Å². The minimum atomic E-state index is -0.944. The molecule has 0 aliphatic carbocycles. The maximum Gasteiger partial charge on any atom is 0.327 e. The van der Waals surface area contributed by atoms with Crippen molar-refractivity contribution in [3.05, 3.63) is 29.8 Å². The molecule has 1 aromatic rings. The Morgan fingerprint density at radius 3 is 2.60 bits per heavy atom. The number of carbonyl (C=O) groups is 2. The van der Waals surface area contributed by atoms with Gasteiger partial charge in [-0.1, -0.05) is 18.2 Å². The van der Waals surface area contributed by atoms with Crippen LogP contribution in [-0.2, 0) is 11.2 Å². The summed E-state index contributed by atoms with van der Waals surface area (Å²) in [6, 6.07) is 6.48. The summed E-state index contributed by atoms with van der Waals surface area (Å²) >= 11 is 1.82. The number of hydrogen-bond donors (Lipinski definition) is 1. The predicted molar refractivity (Wildman–Crippen MR) is 78.3 cm³/mol. The second-order valence-electron chi connectivity index (χ2n) is 4.94. The number of nitrogens with zero attached hydrogens (tertiary/aromatic N) is 2. The lowest BCUT2D eigenvalue weighted by atomic mass is 10.1. The van der Waals surface area contributed by atoms with Crippen molar-refractivity contribution >= 4 is 29.4 Å². The first-order chi connectivity index (χ1) is 9.68. The number of anilines is 1. The summed E-state index contributed by atoms with van der Waals surface area (Å²) in [5.74, 6) is 0.888. The molecule has 0 radical (unpaired) electrons. The van der Waals surface area contributed by atoms with E-state index in [0.29, 0.717) is 19.5 Å². The van der Waals surface area contributed by atoms with Crippen molar-refractivity contribution in [3.63, 3.8) is 0 Å². The zero-order chi connectivity index (χ0) is 14.1. The Morgan fingerprint density at radius 2 is 1.90 bits per heavy atom. The van der Waals surface area contributed by atoms with Crippen molar-refractivity contribution < 1.29 is 14.7 Å². The molecule has 1 N–H and O–H groups in total. The van der Waals surface area contributed by atoms with Crippen molar-refractivity contribution in [2.24, 2.45) is 0 Å². The van der Waals surface area contributed by atoms with Crippen LogP contribution < -0.4 is 4.90 Å². The minimum absolute atomic E-state index is 0.178. The fraction of sp³-hybridized carbons (Fsp3) is 0.429. The quantitative estimate of drug-likeness (QED) is 0.855. The number of fused-ring (bicyclic) bond motifs is 1. The van der Waals surface area contributed by atoms with Gasteiger partial charge in [0.1, 0.15) is 6.04 Å². The van der Waals surface area contributed by atoms with E-state index < -0.39 is 12.0 Å². The number of urea groups is 1. The van der Waals surface area contributed by atoms with Crippen LogP contribution >= 0.6 is 11.8 Å². The second kappa shape index (κ2) is 5.36. The van der Waals surface area contributed by atoms with E-state index in [1.165, 1.54) is 4.90 Å². The van der Waals surface area contributed by atoms with E-state index >= 15 is 0 Å². The summed E-state index contributed by atoms with van der Waals surface area (Å²) in [6.45, 7) is 1.38. The SMILES string of the molecule is O=C(O)[C@@H]1Cc2ccccc2N1C(=O)N1CCSCC1. The van der Waals surface area contributed by atoms with Crippen LogP contribution in [-0.4, -0.2) is 52.6 Å². The number of amides is 2. The molecule has 0 saturated carbocycles. The molecule has 2 amide bonds. The number of aliphatic carboxylic acids is 1. The van der Waals surface area contributed by atoms with Crippen LogP contribution in [0, 0.1) is 0 Å². The topological polar surface area (TPSA) is 60.9 Å². The molecule has 5 nitrogen and oxygen atoms in total. The van der Waals surface area contributed by atoms with E-state index in [9.17, 15) is 14.7 Å². The van der Waals surface area contributed by atoms with Gasteiger partial charge in [-0.2, -0.15) is 11.8 Å². The summed E-state index contributed by atoms with van der Waals surface area (Å²) in [5.41, 5.74) is 1.67. The van der Waals surface area contributed by atoms with E-state index in [-0.39, 0.29) is 6.03 Å². The molecular weight excluding hydrogens is 276 g/mol. The first-order valence-corrected chi connectivity index (χ1v) is 7.80. The number of carboxylic acids is 1. The van der Waals surface area contributed by atoms with Crippen molar-refractivity contribution in [1.82, 2.24) is 4.90 Å². The molecule has 20 heavy (non-hydrogen) atoms. The van der Waals surface area contributed by atoms with Crippen LogP contribution in [0.5, 0.6) is 0 Å². The molecule has 1 aromatic carbocycles. The van der Waals surface area contributed by atoms with Gasteiger partial charge in [-0.25, -0.2) is 9.59 Å².